The number of ether oxygens (including phenoxy) is 2. The molecular weight excluding hydrogens is 468 g/mol. The number of hydrogen-bond donors (Lipinski definition) is 0. The fraction of sp³-hybridized carbons (Fsp3) is 0.300. The summed E-state index contributed by atoms with van der Waals surface area (Å²) < 4.78 is 18.0. The van der Waals surface area contributed by atoms with Crippen molar-refractivity contribution in [2.75, 3.05) is 18.1 Å². The zero-order valence-electron chi connectivity index (χ0n) is 21.5. The topological polar surface area (TPSA) is 81.9 Å². The number of nitrogens with zero attached hydrogens (tertiary/aromatic N) is 2. The first-order valence-electron chi connectivity index (χ1n) is 12.6. The molecule has 7 heteroatoms. The van der Waals surface area contributed by atoms with Gasteiger partial charge in [-0.25, -0.2) is 4.98 Å². The average molecular weight is 499 g/mol. The summed E-state index contributed by atoms with van der Waals surface area (Å²) in [5, 5.41) is 0.428. The monoisotopic (exact) mass is 498 g/mol. The molecule has 4 aromatic rings. The summed E-state index contributed by atoms with van der Waals surface area (Å²) in [4.78, 5) is 33.7. The Bertz CT molecular complexity index is 1520. The molecule has 0 saturated heterocycles. The Labute approximate surface area is 215 Å². The van der Waals surface area contributed by atoms with Gasteiger partial charge in [0.25, 0.3) is 5.91 Å². The number of aromatic nitrogens is 1. The lowest BCUT2D eigenvalue weighted by molar-refractivity contribution is 0.0970. The Morgan fingerprint density at radius 3 is 2.57 bits per heavy atom. The number of hydrogen-bond acceptors (Lipinski definition) is 6. The van der Waals surface area contributed by atoms with Crippen molar-refractivity contribution >= 4 is 22.7 Å². The maximum Gasteiger partial charge on any atom is 0.296 e. The summed E-state index contributed by atoms with van der Waals surface area (Å²) in [7, 11) is 0. The highest BCUT2D eigenvalue weighted by atomic mass is 16.5. The summed E-state index contributed by atoms with van der Waals surface area (Å²) >= 11 is 0. The van der Waals surface area contributed by atoms with Crippen molar-refractivity contribution in [3.05, 3.63) is 93.5 Å². The standard InChI is InChI=1S/C30H30N2O5/c1-5-35-24-17-20(13-14-23(24)36-16-15-18(2)3)27-26-28(33)21-10-6-7-11-22(21)37-29(26)30(34)32(27)25-12-8-9-19(4)31-25/h6-14,17-18,27H,5,15-16H2,1-4H3/t27-/m1/s1. The number of carbonyl (C=O) groups is 1. The zero-order chi connectivity index (χ0) is 26.1. The van der Waals surface area contributed by atoms with Gasteiger partial charge >= 0.3 is 0 Å². The summed E-state index contributed by atoms with van der Waals surface area (Å²) in [6.07, 6.45) is 0.915. The maximum absolute atomic E-state index is 13.8. The summed E-state index contributed by atoms with van der Waals surface area (Å²) in [5.74, 6) is 1.78. The van der Waals surface area contributed by atoms with Crippen molar-refractivity contribution in [2.24, 2.45) is 5.92 Å². The lowest BCUT2D eigenvalue weighted by atomic mass is 9.98. The number of amides is 1. The molecule has 0 radical (unpaired) electrons. The van der Waals surface area contributed by atoms with Gasteiger partial charge in [0.1, 0.15) is 11.4 Å². The van der Waals surface area contributed by atoms with Gasteiger partial charge in [0.05, 0.1) is 30.2 Å². The Balaban J connectivity index is 1.68. The van der Waals surface area contributed by atoms with E-state index >= 15 is 0 Å². The van der Waals surface area contributed by atoms with E-state index in [1.54, 1.807) is 30.3 Å². The molecule has 0 fully saturated rings. The molecule has 0 N–H and O–H groups in total. The molecule has 2 aromatic heterocycles. The van der Waals surface area contributed by atoms with Crippen LogP contribution < -0.4 is 19.8 Å². The highest BCUT2D eigenvalue weighted by Crippen LogP contribution is 2.43. The molecule has 7 nitrogen and oxygen atoms in total. The highest BCUT2D eigenvalue weighted by molar-refractivity contribution is 6.10. The Kier molecular flexibility index (Phi) is 6.70. The lowest BCUT2D eigenvalue weighted by Crippen LogP contribution is -2.30. The van der Waals surface area contributed by atoms with Crippen molar-refractivity contribution in [2.45, 2.75) is 40.2 Å². The van der Waals surface area contributed by atoms with Crippen LogP contribution in [0.3, 0.4) is 0 Å². The van der Waals surface area contributed by atoms with E-state index in [1.165, 1.54) is 4.90 Å². The van der Waals surface area contributed by atoms with Crippen LogP contribution in [-0.4, -0.2) is 24.1 Å². The molecule has 190 valence electrons. The largest absolute Gasteiger partial charge is 0.490 e. The Morgan fingerprint density at radius 1 is 1.00 bits per heavy atom. The van der Waals surface area contributed by atoms with Gasteiger partial charge in [-0.2, -0.15) is 0 Å². The van der Waals surface area contributed by atoms with E-state index in [4.69, 9.17) is 13.9 Å². The first-order valence-corrected chi connectivity index (χ1v) is 12.6. The SMILES string of the molecule is CCOc1cc([C@@H]2c3c(oc4ccccc4c3=O)C(=O)N2c2cccc(C)n2)ccc1OCCC(C)C. The first kappa shape index (κ1) is 24.6. The molecule has 0 unspecified atom stereocenters. The third-order valence-corrected chi connectivity index (χ3v) is 6.43. The zero-order valence-corrected chi connectivity index (χ0v) is 21.5. The molecule has 0 spiro atoms. The van der Waals surface area contributed by atoms with E-state index in [9.17, 15) is 9.59 Å². The van der Waals surface area contributed by atoms with Gasteiger partial charge < -0.3 is 13.9 Å². The third kappa shape index (κ3) is 4.57. The Hall–Kier alpha value is -4.13. The third-order valence-electron chi connectivity index (χ3n) is 6.43. The summed E-state index contributed by atoms with van der Waals surface area (Å²) in [5.41, 5.74) is 1.90. The quantitative estimate of drug-likeness (QED) is 0.293. The fourth-order valence-electron chi connectivity index (χ4n) is 4.62. The number of pyridine rings is 1. The van der Waals surface area contributed by atoms with E-state index in [0.717, 1.165) is 12.1 Å². The number of carbonyl (C=O) groups excluding carboxylic acids is 1. The average Bonchev–Trinajstić information content (AvgIpc) is 3.17. The van der Waals surface area contributed by atoms with Crippen molar-refractivity contribution < 1.29 is 18.7 Å². The van der Waals surface area contributed by atoms with E-state index in [0.29, 0.717) is 58.5 Å². The number of para-hydroxylation sites is 1. The van der Waals surface area contributed by atoms with Crippen LogP contribution in [0.5, 0.6) is 11.5 Å². The maximum atomic E-state index is 13.8. The van der Waals surface area contributed by atoms with Gasteiger partial charge in [0.15, 0.2) is 16.9 Å². The first-order chi connectivity index (χ1) is 17.9. The van der Waals surface area contributed by atoms with Gasteiger partial charge in [-0.1, -0.05) is 38.1 Å². The van der Waals surface area contributed by atoms with Gasteiger partial charge in [-0.3, -0.25) is 14.5 Å². The van der Waals surface area contributed by atoms with Crippen LogP contribution >= 0.6 is 0 Å². The molecule has 1 aliphatic heterocycles. The summed E-state index contributed by atoms with van der Waals surface area (Å²) in [6, 6.07) is 17.3. The number of anilines is 1. The highest BCUT2D eigenvalue weighted by Gasteiger charge is 2.44. The molecule has 0 aliphatic carbocycles. The molecule has 1 amide bonds. The predicted molar refractivity (Wildman–Crippen MR) is 143 cm³/mol. The number of aryl methyl sites for hydroxylation is 1. The van der Waals surface area contributed by atoms with Crippen molar-refractivity contribution in [1.29, 1.82) is 0 Å². The van der Waals surface area contributed by atoms with E-state index in [2.05, 4.69) is 18.8 Å². The second-order valence-electron chi connectivity index (χ2n) is 9.56. The molecule has 1 aliphatic rings. The summed E-state index contributed by atoms with van der Waals surface area (Å²) in [6.45, 7) is 9.07. The van der Waals surface area contributed by atoms with E-state index in [1.807, 2.05) is 44.2 Å². The fourth-order valence-corrected chi connectivity index (χ4v) is 4.62. The number of rotatable bonds is 8. The smallest absolute Gasteiger partial charge is 0.296 e. The molecular formula is C30H30N2O5. The second-order valence-corrected chi connectivity index (χ2v) is 9.56. The Morgan fingerprint density at radius 2 is 1.81 bits per heavy atom. The van der Waals surface area contributed by atoms with Crippen LogP contribution in [-0.2, 0) is 0 Å². The second kappa shape index (κ2) is 10.1. The normalized spacial score (nSPS) is 14.9. The van der Waals surface area contributed by atoms with Crippen LogP contribution in [0.4, 0.5) is 5.82 Å². The van der Waals surface area contributed by atoms with Crippen molar-refractivity contribution in [3.63, 3.8) is 0 Å². The van der Waals surface area contributed by atoms with Gasteiger partial charge in [0, 0.05) is 5.69 Å². The minimum absolute atomic E-state index is 0.0345. The molecule has 0 bridgehead atoms. The predicted octanol–water partition coefficient (Wildman–Crippen LogP) is 6.07. The molecule has 3 heterocycles. The molecule has 5 rings (SSSR count). The minimum Gasteiger partial charge on any atom is -0.490 e. The molecule has 37 heavy (non-hydrogen) atoms. The van der Waals surface area contributed by atoms with Gasteiger partial charge in [-0.05, 0) is 68.1 Å². The molecule has 1 atom stereocenters. The van der Waals surface area contributed by atoms with Crippen molar-refractivity contribution in [3.8, 4) is 11.5 Å². The number of benzene rings is 2. The lowest BCUT2D eigenvalue weighted by Gasteiger charge is -2.25. The molecule has 0 saturated carbocycles. The van der Waals surface area contributed by atoms with Crippen molar-refractivity contribution in [1.82, 2.24) is 4.98 Å². The van der Waals surface area contributed by atoms with Gasteiger partial charge in [0.2, 0.25) is 5.76 Å². The van der Waals surface area contributed by atoms with Crippen LogP contribution in [0.2, 0.25) is 0 Å². The van der Waals surface area contributed by atoms with E-state index < -0.39 is 11.9 Å². The van der Waals surface area contributed by atoms with Crippen LogP contribution in [0, 0.1) is 12.8 Å². The van der Waals surface area contributed by atoms with Crippen LogP contribution in [0.1, 0.15) is 60.6 Å². The molecule has 2 aromatic carbocycles. The van der Waals surface area contributed by atoms with Gasteiger partial charge in [-0.15, -0.1) is 0 Å². The van der Waals surface area contributed by atoms with E-state index in [-0.39, 0.29) is 11.2 Å². The minimum atomic E-state index is -0.735. The van der Waals surface area contributed by atoms with Crippen LogP contribution in [0.25, 0.3) is 11.0 Å². The number of fused-ring (bicyclic) bond motifs is 2. The van der Waals surface area contributed by atoms with Crippen LogP contribution in [0.15, 0.2) is 69.9 Å².